The molecule has 136 valence electrons. The van der Waals surface area contributed by atoms with Gasteiger partial charge in [-0.2, -0.15) is 0 Å². The Labute approximate surface area is 143 Å². The summed E-state index contributed by atoms with van der Waals surface area (Å²) in [6.07, 6.45) is 5.92. The van der Waals surface area contributed by atoms with Crippen molar-refractivity contribution in [2.75, 3.05) is 6.61 Å². The normalized spacial score (nSPS) is 14.1. The van der Waals surface area contributed by atoms with E-state index < -0.39 is 0 Å². The monoisotopic (exact) mass is 326 g/mol. The van der Waals surface area contributed by atoms with Gasteiger partial charge >= 0.3 is 5.97 Å². The van der Waals surface area contributed by atoms with Gasteiger partial charge in [-0.25, -0.2) is 0 Å². The molecule has 0 aromatic rings. The van der Waals surface area contributed by atoms with Crippen LogP contribution in [0.1, 0.15) is 86.5 Å². The Morgan fingerprint density at radius 2 is 1.35 bits per heavy atom. The molecular weight excluding hydrogens is 288 g/mol. The van der Waals surface area contributed by atoms with Crippen molar-refractivity contribution in [1.29, 1.82) is 0 Å². The minimum absolute atomic E-state index is 0.164. The summed E-state index contributed by atoms with van der Waals surface area (Å²) in [5, 5.41) is 0. The van der Waals surface area contributed by atoms with E-state index in [1.807, 2.05) is 0 Å². The molecule has 0 saturated heterocycles. The summed E-state index contributed by atoms with van der Waals surface area (Å²) in [6, 6.07) is 0. The summed E-state index contributed by atoms with van der Waals surface area (Å²) in [5.41, 5.74) is 0. The molecule has 3 heteroatoms. The Morgan fingerprint density at radius 3 is 1.83 bits per heavy atom. The highest BCUT2D eigenvalue weighted by Gasteiger charge is 2.35. The number of rotatable bonds is 13. The predicted molar refractivity (Wildman–Crippen MR) is 96.3 cm³/mol. The predicted octanol–water partition coefficient (Wildman–Crippen LogP) is 5.41. The van der Waals surface area contributed by atoms with Gasteiger partial charge in [0.2, 0.25) is 0 Å². The van der Waals surface area contributed by atoms with Gasteiger partial charge in [0.25, 0.3) is 0 Å². The van der Waals surface area contributed by atoms with Crippen LogP contribution in [0.2, 0.25) is 0 Å². The molecule has 23 heavy (non-hydrogen) atoms. The molecule has 0 aliphatic heterocycles. The standard InChI is InChI=1S/C20H38O3/c1-7-9-11-19(21)17(13-15(3)4)18(14-16(5)6)20(22)23-12-10-8-2/h15-18H,7-14H2,1-6H3. The van der Waals surface area contributed by atoms with Crippen molar-refractivity contribution in [3.05, 3.63) is 0 Å². The minimum atomic E-state index is -0.279. The Hall–Kier alpha value is -0.860. The van der Waals surface area contributed by atoms with E-state index in [-0.39, 0.29) is 23.6 Å². The van der Waals surface area contributed by atoms with Crippen LogP contribution in [0.5, 0.6) is 0 Å². The van der Waals surface area contributed by atoms with E-state index >= 15 is 0 Å². The Bertz CT molecular complexity index is 334. The topological polar surface area (TPSA) is 43.4 Å². The highest BCUT2D eigenvalue weighted by atomic mass is 16.5. The van der Waals surface area contributed by atoms with Crippen LogP contribution in [0.4, 0.5) is 0 Å². The third-order valence-electron chi connectivity index (χ3n) is 4.17. The average Bonchev–Trinajstić information content (AvgIpc) is 2.47. The molecule has 0 heterocycles. The lowest BCUT2D eigenvalue weighted by atomic mass is 9.77. The van der Waals surface area contributed by atoms with Crippen molar-refractivity contribution < 1.29 is 14.3 Å². The van der Waals surface area contributed by atoms with E-state index in [0.717, 1.165) is 38.5 Å². The number of unbranched alkanes of at least 4 members (excludes halogenated alkanes) is 2. The Morgan fingerprint density at radius 1 is 0.826 bits per heavy atom. The highest BCUT2D eigenvalue weighted by Crippen LogP contribution is 2.30. The summed E-state index contributed by atoms with van der Waals surface area (Å²) in [5.74, 6) is 0.411. The first kappa shape index (κ1) is 22.1. The maximum absolute atomic E-state index is 12.7. The molecular formula is C20H38O3. The van der Waals surface area contributed by atoms with Crippen molar-refractivity contribution in [2.24, 2.45) is 23.7 Å². The first-order valence-corrected chi connectivity index (χ1v) is 9.52. The van der Waals surface area contributed by atoms with Crippen molar-refractivity contribution >= 4 is 11.8 Å². The van der Waals surface area contributed by atoms with Crippen molar-refractivity contribution in [3.63, 3.8) is 0 Å². The summed E-state index contributed by atoms with van der Waals surface area (Å²) >= 11 is 0. The van der Waals surface area contributed by atoms with Crippen LogP contribution in [-0.4, -0.2) is 18.4 Å². The van der Waals surface area contributed by atoms with Crippen LogP contribution in [0.3, 0.4) is 0 Å². The maximum atomic E-state index is 12.7. The molecule has 0 radical (unpaired) electrons. The van der Waals surface area contributed by atoms with Gasteiger partial charge in [-0.1, -0.05) is 54.4 Å². The van der Waals surface area contributed by atoms with Crippen LogP contribution in [0.15, 0.2) is 0 Å². The molecule has 0 aromatic carbocycles. The fraction of sp³-hybridized carbons (Fsp3) is 0.900. The number of hydrogen-bond acceptors (Lipinski definition) is 3. The van der Waals surface area contributed by atoms with Crippen molar-refractivity contribution in [2.45, 2.75) is 86.5 Å². The van der Waals surface area contributed by atoms with Gasteiger partial charge in [-0.05, 0) is 37.5 Å². The number of ketones is 1. The molecule has 0 aromatic heterocycles. The lowest BCUT2D eigenvalue weighted by Crippen LogP contribution is -2.33. The molecule has 0 bridgehead atoms. The Balaban J connectivity index is 5.11. The molecule has 0 N–H and O–H groups in total. The second-order valence-corrected chi connectivity index (χ2v) is 7.56. The van der Waals surface area contributed by atoms with Gasteiger partial charge in [0.05, 0.1) is 12.5 Å². The molecule has 0 fully saturated rings. The molecule has 2 unspecified atom stereocenters. The number of esters is 1. The average molecular weight is 327 g/mol. The fourth-order valence-electron chi connectivity index (χ4n) is 2.92. The van der Waals surface area contributed by atoms with E-state index in [0.29, 0.717) is 24.9 Å². The third-order valence-corrected chi connectivity index (χ3v) is 4.17. The minimum Gasteiger partial charge on any atom is -0.465 e. The zero-order valence-corrected chi connectivity index (χ0v) is 16.2. The quantitative estimate of drug-likeness (QED) is 0.335. The van der Waals surface area contributed by atoms with Crippen LogP contribution in [-0.2, 0) is 14.3 Å². The number of Topliss-reactive ketones (excluding diaryl/α,β-unsaturated/α-hetero) is 1. The first-order chi connectivity index (χ1) is 10.8. The van der Waals surface area contributed by atoms with Gasteiger partial charge < -0.3 is 4.74 Å². The molecule has 0 amide bonds. The summed E-state index contributed by atoms with van der Waals surface area (Å²) < 4.78 is 5.47. The van der Waals surface area contributed by atoms with Crippen LogP contribution < -0.4 is 0 Å². The highest BCUT2D eigenvalue weighted by molar-refractivity contribution is 5.86. The van der Waals surface area contributed by atoms with E-state index in [4.69, 9.17) is 4.74 Å². The zero-order valence-electron chi connectivity index (χ0n) is 16.2. The van der Waals surface area contributed by atoms with Gasteiger partial charge in [-0.3, -0.25) is 9.59 Å². The van der Waals surface area contributed by atoms with Crippen molar-refractivity contribution in [3.8, 4) is 0 Å². The zero-order chi connectivity index (χ0) is 17.8. The second-order valence-electron chi connectivity index (χ2n) is 7.56. The molecule has 0 saturated carbocycles. The molecule has 3 nitrogen and oxygen atoms in total. The molecule has 0 spiro atoms. The third kappa shape index (κ3) is 9.78. The second kappa shape index (κ2) is 12.5. The molecule has 0 aliphatic rings. The number of ether oxygens (including phenoxy) is 1. The number of carbonyl (C=O) groups is 2. The number of hydrogen-bond donors (Lipinski definition) is 0. The van der Waals surface area contributed by atoms with Crippen LogP contribution in [0.25, 0.3) is 0 Å². The van der Waals surface area contributed by atoms with Crippen LogP contribution in [0, 0.1) is 23.7 Å². The smallest absolute Gasteiger partial charge is 0.309 e. The van der Waals surface area contributed by atoms with E-state index in [1.165, 1.54) is 0 Å². The van der Waals surface area contributed by atoms with E-state index in [1.54, 1.807) is 0 Å². The molecule has 2 atom stereocenters. The summed E-state index contributed by atoms with van der Waals surface area (Å²) in [7, 11) is 0. The molecule has 0 rings (SSSR count). The SMILES string of the molecule is CCCCOC(=O)C(CC(C)C)C(CC(C)C)C(=O)CCCC. The van der Waals surface area contributed by atoms with Gasteiger partial charge in [0.15, 0.2) is 0 Å². The van der Waals surface area contributed by atoms with Gasteiger partial charge in [-0.15, -0.1) is 0 Å². The lowest BCUT2D eigenvalue weighted by Gasteiger charge is -2.27. The van der Waals surface area contributed by atoms with E-state index in [2.05, 4.69) is 41.5 Å². The summed E-state index contributed by atoms with van der Waals surface area (Å²) in [4.78, 5) is 25.3. The van der Waals surface area contributed by atoms with Crippen molar-refractivity contribution in [1.82, 2.24) is 0 Å². The molecule has 0 aliphatic carbocycles. The van der Waals surface area contributed by atoms with Gasteiger partial charge in [0.1, 0.15) is 5.78 Å². The summed E-state index contributed by atoms with van der Waals surface area (Å²) in [6.45, 7) is 13.1. The largest absolute Gasteiger partial charge is 0.465 e. The van der Waals surface area contributed by atoms with E-state index in [9.17, 15) is 9.59 Å². The maximum Gasteiger partial charge on any atom is 0.309 e. The Kier molecular flexibility index (Phi) is 12.1. The fourth-order valence-corrected chi connectivity index (χ4v) is 2.92. The lowest BCUT2D eigenvalue weighted by molar-refractivity contribution is -0.154. The van der Waals surface area contributed by atoms with Gasteiger partial charge in [0, 0.05) is 12.3 Å². The number of carbonyl (C=O) groups excluding carboxylic acids is 2. The van der Waals surface area contributed by atoms with Crippen LogP contribution >= 0.6 is 0 Å². The first-order valence-electron chi connectivity index (χ1n) is 9.52.